The molecule has 0 radical (unpaired) electrons. The minimum atomic E-state index is 0.135. The molecule has 21 heavy (non-hydrogen) atoms. The highest BCUT2D eigenvalue weighted by molar-refractivity contribution is 5.42. The SMILES string of the molecule is CCCNC(COC1CCC1)c1cc(OC)ccc1OC. The normalized spacial score (nSPS) is 16.3. The van der Waals surface area contributed by atoms with Crippen molar-refractivity contribution in [2.75, 3.05) is 27.4 Å². The minimum Gasteiger partial charge on any atom is -0.497 e. The summed E-state index contributed by atoms with van der Waals surface area (Å²) in [6.45, 7) is 3.80. The first-order valence-corrected chi connectivity index (χ1v) is 7.85. The first kappa shape index (κ1) is 16.1. The van der Waals surface area contributed by atoms with Crippen molar-refractivity contribution in [3.8, 4) is 11.5 Å². The molecule has 2 rings (SSSR count). The van der Waals surface area contributed by atoms with Crippen molar-refractivity contribution in [3.05, 3.63) is 23.8 Å². The number of benzene rings is 1. The van der Waals surface area contributed by atoms with Crippen LogP contribution in [0.2, 0.25) is 0 Å². The van der Waals surface area contributed by atoms with Crippen molar-refractivity contribution >= 4 is 0 Å². The van der Waals surface area contributed by atoms with Gasteiger partial charge in [-0.25, -0.2) is 0 Å². The van der Waals surface area contributed by atoms with Crippen LogP contribution in [0.5, 0.6) is 11.5 Å². The molecule has 0 aliphatic heterocycles. The molecule has 0 amide bonds. The summed E-state index contributed by atoms with van der Waals surface area (Å²) in [6, 6.07) is 6.05. The highest BCUT2D eigenvalue weighted by atomic mass is 16.5. The fourth-order valence-corrected chi connectivity index (χ4v) is 2.46. The van der Waals surface area contributed by atoms with Gasteiger partial charge in [0.05, 0.1) is 33.0 Å². The Kier molecular flexibility index (Phi) is 6.33. The number of rotatable bonds is 9. The van der Waals surface area contributed by atoms with E-state index in [0.717, 1.165) is 30.0 Å². The van der Waals surface area contributed by atoms with Gasteiger partial charge in [0, 0.05) is 5.56 Å². The van der Waals surface area contributed by atoms with E-state index in [9.17, 15) is 0 Å². The van der Waals surface area contributed by atoms with Gasteiger partial charge in [-0.1, -0.05) is 6.92 Å². The molecule has 1 saturated carbocycles. The van der Waals surface area contributed by atoms with Gasteiger partial charge in [0.25, 0.3) is 0 Å². The third-order valence-corrected chi connectivity index (χ3v) is 4.00. The van der Waals surface area contributed by atoms with Crippen LogP contribution in [0.3, 0.4) is 0 Å². The lowest BCUT2D eigenvalue weighted by molar-refractivity contribution is -0.00901. The maximum atomic E-state index is 6.01. The molecule has 4 heteroatoms. The molecular weight excluding hydrogens is 266 g/mol. The quantitative estimate of drug-likeness (QED) is 0.758. The van der Waals surface area contributed by atoms with E-state index in [2.05, 4.69) is 12.2 Å². The maximum absolute atomic E-state index is 6.01. The number of ether oxygens (including phenoxy) is 3. The number of nitrogens with one attached hydrogen (secondary N) is 1. The first-order valence-electron chi connectivity index (χ1n) is 7.85. The lowest BCUT2D eigenvalue weighted by Crippen LogP contribution is -2.31. The van der Waals surface area contributed by atoms with Gasteiger partial charge >= 0.3 is 0 Å². The van der Waals surface area contributed by atoms with Crippen LogP contribution in [0.4, 0.5) is 0 Å². The van der Waals surface area contributed by atoms with E-state index < -0.39 is 0 Å². The average Bonchev–Trinajstić information content (AvgIpc) is 2.48. The molecule has 1 aromatic rings. The summed E-state index contributed by atoms with van der Waals surface area (Å²) in [5.41, 5.74) is 1.10. The van der Waals surface area contributed by atoms with Crippen molar-refractivity contribution in [1.82, 2.24) is 5.32 Å². The van der Waals surface area contributed by atoms with Crippen LogP contribution in [0.25, 0.3) is 0 Å². The van der Waals surface area contributed by atoms with E-state index in [1.807, 2.05) is 18.2 Å². The fourth-order valence-electron chi connectivity index (χ4n) is 2.46. The summed E-state index contributed by atoms with van der Waals surface area (Å²) in [7, 11) is 3.39. The molecule has 0 saturated heterocycles. The summed E-state index contributed by atoms with van der Waals surface area (Å²) >= 11 is 0. The second-order valence-corrected chi connectivity index (χ2v) is 5.50. The summed E-state index contributed by atoms with van der Waals surface area (Å²) in [5.74, 6) is 1.72. The molecule has 1 aliphatic carbocycles. The maximum Gasteiger partial charge on any atom is 0.123 e. The van der Waals surface area contributed by atoms with Gasteiger partial charge in [-0.2, -0.15) is 0 Å². The smallest absolute Gasteiger partial charge is 0.123 e. The monoisotopic (exact) mass is 293 g/mol. The third kappa shape index (κ3) is 4.35. The molecule has 0 heterocycles. The van der Waals surface area contributed by atoms with Crippen LogP contribution in [-0.2, 0) is 4.74 Å². The van der Waals surface area contributed by atoms with Gasteiger partial charge in [0.1, 0.15) is 11.5 Å². The zero-order valence-electron chi connectivity index (χ0n) is 13.4. The number of methoxy groups -OCH3 is 2. The largest absolute Gasteiger partial charge is 0.497 e. The summed E-state index contributed by atoms with van der Waals surface area (Å²) in [5, 5.41) is 3.55. The summed E-state index contributed by atoms with van der Waals surface area (Å²) in [6.07, 6.45) is 5.20. The van der Waals surface area contributed by atoms with Gasteiger partial charge in [-0.15, -0.1) is 0 Å². The van der Waals surface area contributed by atoms with Crippen molar-refractivity contribution < 1.29 is 14.2 Å². The van der Waals surface area contributed by atoms with Crippen LogP contribution in [0, 0.1) is 0 Å². The van der Waals surface area contributed by atoms with Crippen molar-refractivity contribution in [1.29, 1.82) is 0 Å². The topological polar surface area (TPSA) is 39.7 Å². The lowest BCUT2D eigenvalue weighted by atomic mass is 9.96. The zero-order chi connectivity index (χ0) is 15.1. The predicted octanol–water partition coefficient (Wildman–Crippen LogP) is 3.31. The Balaban J connectivity index is 2.12. The van der Waals surface area contributed by atoms with Gasteiger partial charge in [-0.3, -0.25) is 0 Å². The number of hydrogen-bond acceptors (Lipinski definition) is 4. The average molecular weight is 293 g/mol. The predicted molar refractivity (Wildman–Crippen MR) is 84.2 cm³/mol. The Bertz CT molecular complexity index is 432. The van der Waals surface area contributed by atoms with Crippen LogP contribution in [-0.4, -0.2) is 33.5 Å². The van der Waals surface area contributed by atoms with Crippen molar-refractivity contribution in [2.24, 2.45) is 0 Å². The Morgan fingerprint density at radius 1 is 1.24 bits per heavy atom. The van der Waals surface area contributed by atoms with Crippen molar-refractivity contribution in [3.63, 3.8) is 0 Å². The summed E-state index contributed by atoms with van der Waals surface area (Å²) in [4.78, 5) is 0. The van der Waals surface area contributed by atoms with E-state index in [1.165, 1.54) is 19.3 Å². The highest BCUT2D eigenvalue weighted by Gasteiger charge is 2.22. The van der Waals surface area contributed by atoms with Crippen LogP contribution < -0.4 is 14.8 Å². The number of hydrogen-bond donors (Lipinski definition) is 1. The molecule has 1 unspecified atom stereocenters. The molecule has 1 fully saturated rings. The van der Waals surface area contributed by atoms with Crippen molar-refractivity contribution in [2.45, 2.75) is 44.8 Å². The Morgan fingerprint density at radius 2 is 2.05 bits per heavy atom. The van der Waals surface area contributed by atoms with Crippen LogP contribution >= 0.6 is 0 Å². The molecule has 1 atom stereocenters. The molecule has 118 valence electrons. The van der Waals surface area contributed by atoms with E-state index in [0.29, 0.717) is 12.7 Å². The third-order valence-electron chi connectivity index (χ3n) is 4.00. The highest BCUT2D eigenvalue weighted by Crippen LogP contribution is 2.31. The molecule has 1 aliphatic rings. The standard InChI is InChI=1S/C17H27NO3/c1-4-10-18-16(12-21-13-6-5-7-13)15-11-14(19-2)8-9-17(15)20-3/h8-9,11,13,16,18H,4-7,10,12H2,1-3H3. The van der Waals surface area contributed by atoms with Gasteiger partial charge < -0.3 is 19.5 Å². The molecule has 0 bridgehead atoms. The van der Waals surface area contributed by atoms with Crippen LogP contribution in [0.15, 0.2) is 18.2 Å². The molecular formula is C17H27NO3. The van der Waals surface area contributed by atoms with E-state index in [4.69, 9.17) is 14.2 Å². The lowest BCUT2D eigenvalue weighted by Gasteiger charge is -2.29. The molecule has 4 nitrogen and oxygen atoms in total. The van der Waals surface area contributed by atoms with E-state index in [1.54, 1.807) is 14.2 Å². The second-order valence-electron chi connectivity index (χ2n) is 5.50. The first-order chi connectivity index (χ1) is 10.3. The fraction of sp³-hybridized carbons (Fsp3) is 0.647. The van der Waals surface area contributed by atoms with E-state index in [-0.39, 0.29) is 6.04 Å². The summed E-state index contributed by atoms with van der Waals surface area (Å²) < 4.78 is 16.9. The minimum absolute atomic E-state index is 0.135. The molecule has 0 spiro atoms. The Morgan fingerprint density at radius 3 is 2.62 bits per heavy atom. The van der Waals surface area contributed by atoms with Gasteiger partial charge in [-0.05, 0) is 50.4 Å². The van der Waals surface area contributed by atoms with E-state index >= 15 is 0 Å². The molecule has 0 aromatic heterocycles. The van der Waals surface area contributed by atoms with Gasteiger partial charge in [0.2, 0.25) is 0 Å². The van der Waals surface area contributed by atoms with Gasteiger partial charge in [0.15, 0.2) is 0 Å². The van der Waals surface area contributed by atoms with Crippen LogP contribution in [0.1, 0.15) is 44.2 Å². The second kappa shape index (κ2) is 8.25. The Labute approximate surface area is 127 Å². The zero-order valence-corrected chi connectivity index (χ0v) is 13.4. The molecule has 1 aromatic carbocycles. The molecule has 1 N–H and O–H groups in total. The Hall–Kier alpha value is -1.26.